The van der Waals surface area contributed by atoms with Gasteiger partial charge < -0.3 is 5.32 Å². The minimum absolute atomic E-state index is 0.0276. The second kappa shape index (κ2) is 7.48. The molecule has 21 heavy (non-hydrogen) atoms. The molecule has 1 amide bonds. The van der Waals surface area contributed by atoms with Crippen molar-refractivity contribution in [2.45, 2.75) is 30.6 Å². The van der Waals surface area contributed by atoms with Gasteiger partial charge in [-0.25, -0.2) is 0 Å². The Morgan fingerprint density at radius 3 is 3.00 bits per heavy atom. The van der Waals surface area contributed by atoms with Crippen molar-refractivity contribution in [3.63, 3.8) is 0 Å². The molecule has 0 bridgehead atoms. The van der Waals surface area contributed by atoms with Crippen LogP contribution in [0.25, 0.3) is 0 Å². The van der Waals surface area contributed by atoms with Crippen LogP contribution < -0.4 is 5.32 Å². The quantitative estimate of drug-likeness (QED) is 0.908. The number of likely N-dealkylation sites (N-methyl/N-ethyl adjacent to an activating group) is 1. The fourth-order valence-corrected chi connectivity index (χ4v) is 3.54. The Hall–Kier alpha value is -1.51. The van der Waals surface area contributed by atoms with Crippen molar-refractivity contribution in [1.82, 2.24) is 4.90 Å². The van der Waals surface area contributed by atoms with E-state index in [9.17, 15) is 4.79 Å². The first kappa shape index (κ1) is 15.9. The van der Waals surface area contributed by atoms with Gasteiger partial charge in [0.05, 0.1) is 18.2 Å². The Kier molecular flexibility index (Phi) is 5.66. The van der Waals surface area contributed by atoms with Crippen LogP contribution in [0.4, 0.5) is 5.69 Å². The number of benzene rings is 1. The second-order valence-electron chi connectivity index (χ2n) is 5.48. The molecule has 1 saturated carbocycles. The number of amides is 1. The molecule has 1 fully saturated rings. The molecule has 112 valence electrons. The molecule has 0 spiro atoms. The van der Waals surface area contributed by atoms with Crippen LogP contribution in [-0.2, 0) is 4.79 Å². The van der Waals surface area contributed by atoms with E-state index < -0.39 is 0 Å². The smallest absolute Gasteiger partial charge is 0.238 e. The van der Waals surface area contributed by atoms with Gasteiger partial charge in [0.25, 0.3) is 0 Å². The minimum Gasteiger partial charge on any atom is -0.325 e. The van der Waals surface area contributed by atoms with Gasteiger partial charge >= 0.3 is 0 Å². The van der Waals surface area contributed by atoms with Crippen molar-refractivity contribution in [2.75, 3.05) is 25.2 Å². The van der Waals surface area contributed by atoms with Gasteiger partial charge in [-0.15, -0.1) is 0 Å². The third kappa shape index (κ3) is 4.48. The number of thioether (sulfide) groups is 1. The summed E-state index contributed by atoms with van der Waals surface area (Å²) in [5.41, 5.74) is 1.24. The first-order valence-electron chi connectivity index (χ1n) is 7.15. The largest absolute Gasteiger partial charge is 0.325 e. The molecule has 4 nitrogen and oxygen atoms in total. The zero-order chi connectivity index (χ0) is 15.2. The average molecular weight is 303 g/mol. The normalized spacial score (nSPS) is 21.2. The molecule has 0 saturated heterocycles. The molecule has 1 N–H and O–H groups in total. The maximum atomic E-state index is 12.1. The van der Waals surface area contributed by atoms with E-state index in [1.807, 2.05) is 18.8 Å². The van der Waals surface area contributed by atoms with E-state index in [2.05, 4.69) is 22.5 Å². The maximum Gasteiger partial charge on any atom is 0.238 e. The van der Waals surface area contributed by atoms with Crippen LogP contribution in [0.2, 0.25) is 0 Å². The third-order valence-corrected chi connectivity index (χ3v) is 5.08. The minimum atomic E-state index is -0.0276. The first-order chi connectivity index (χ1) is 10.1. The Morgan fingerprint density at radius 2 is 2.33 bits per heavy atom. The molecule has 0 aromatic heterocycles. The summed E-state index contributed by atoms with van der Waals surface area (Å²) in [5, 5.41) is 12.4. The van der Waals surface area contributed by atoms with Crippen molar-refractivity contribution >= 4 is 23.4 Å². The molecule has 0 unspecified atom stereocenters. The number of nitrogens with zero attached hydrogens (tertiary/aromatic N) is 2. The molecule has 1 aliphatic carbocycles. The van der Waals surface area contributed by atoms with E-state index in [0.717, 1.165) is 11.7 Å². The van der Waals surface area contributed by atoms with Crippen LogP contribution in [0.15, 0.2) is 24.3 Å². The van der Waals surface area contributed by atoms with Crippen LogP contribution >= 0.6 is 11.8 Å². The predicted octanol–water partition coefficient (Wildman–Crippen LogP) is 2.71. The van der Waals surface area contributed by atoms with Gasteiger partial charge in [0.1, 0.15) is 0 Å². The summed E-state index contributed by atoms with van der Waals surface area (Å²) >= 11 is 1.92. The highest BCUT2D eigenvalue weighted by Crippen LogP contribution is 2.30. The van der Waals surface area contributed by atoms with Crippen molar-refractivity contribution < 1.29 is 4.79 Å². The lowest BCUT2D eigenvalue weighted by atomic mass is 10.2. The highest BCUT2D eigenvalue weighted by molar-refractivity contribution is 7.99. The van der Waals surface area contributed by atoms with Crippen molar-refractivity contribution in [2.24, 2.45) is 0 Å². The molecular weight excluding hydrogens is 282 g/mol. The Labute approximate surface area is 130 Å². The zero-order valence-corrected chi connectivity index (χ0v) is 13.3. The van der Waals surface area contributed by atoms with Gasteiger partial charge in [-0.3, -0.25) is 9.69 Å². The molecule has 1 aliphatic rings. The number of rotatable bonds is 5. The molecule has 0 heterocycles. The van der Waals surface area contributed by atoms with Crippen LogP contribution in [0, 0.1) is 11.3 Å². The number of nitriles is 1. The van der Waals surface area contributed by atoms with Gasteiger partial charge in [0.15, 0.2) is 0 Å². The molecule has 0 aliphatic heterocycles. The lowest BCUT2D eigenvalue weighted by molar-refractivity contribution is -0.117. The van der Waals surface area contributed by atoms with Gasteiger partial charge in [0.2, 0.25) is 5.91 Å². The number of nitrogens with one attached hydrogen (secondary N) is 1. The fourth-order valence-electron chi connectivity index (χ4n) is 2.75. The van der Waals surface area contributed by atoms with Crippen molar-refractivity contribution in [1.29, 1.82) is 5.26 Å². The van der Waals surface area contributed by atoms with Gasteiger partial charge in [-0.2, -0.15) is 17.0 Å². The molecule has 0 radical (unpaired) electrons. The van der Waals surface area contributed by atoms with Crippen molar-refractivity contribution in [3.8, 4) is 6.07 Å². The third-order valence-electron chi connectivity index (χ3n) is 3.98. The van der Waals surface area contributed by atoms with E-state index in [1.165, 1.54) is 12.8 Å². The van der Waals surface area contributed by atoms with E-state index in [1.54, 1.807) is 24.3 Å². The molecule has 1 aromatic rings. The molecule has 1 aromatic carbocycles. The SMILES string of the molecule is CS[C@@H]1CC[C@H](N(C)CC(=O)Nc2cccc(C#N)c2)C1. The second-order valence-corrected chi connectivity index (χ2v) is 6.62. The predicted molar refractivity (Wildman–Crippen MR) is 87.4 cm³/mol. The fraction of sp³-hybridized carbons (Fsp3) is 0.500. The summed E-state index contributed by atoms with van der Waals surface area (Å²) < 4.78 is 0. The lowest BCUT2D eigenvalue weighted by Gasteiger charge is -2.23. The summed E-state index contributed by atoms with van der Waals surface area (Å²) in [6.45, 7) is 0.391. The van der Waals surface area contributed by atoms with Crippen LogP contribution in [-0.4, -0.2) is 41.9 Å². The highest BCUT2D eigenvalue weighted by Gasteiger charge is 2.27. The summed E-state index contributed by atoms with van der Waals surface area (Å²) in [6.07, 6.45) is 5.72. The maximum absolute atomic E-state index is 12.1. The molecule has 5 heteroatoms. The van der Waals surface area contributed by atoms with Gasteiger partial charge in [0, 0.05) is 17.0 Å². The molecule has 2 rings (SSSR count). The lowest BCUT2D eigenvalue weighted by Crippen LogP contribution is -2.36. The number of hydrogen-bond donors (Lipinski definition) is 1. The van der Waals surface area contributed by atoms with E-state index in [4.69, 9.17) is 5.26 Å². The van der Waals surface area contributed by atoms with Crippen LogP contribution in [0.3, 0.4) is 0 Å². The summed E-state index contributed by atoms with van der Waals surface area (Å²) in [4.78, 5) is 14.2. The highest BCUT2D eigenvalue weighted by atomic mass is 32.2. The molecule has 2 atom stereocenters. The monoisotopic (exact) mass is 303 g/mol. The summed E-state index contributed by atoms with van der Waals surface area (Å²) in [6, 6.07) is 9.57. The van der Waals surface area contributed by atoms with E-state index in [-0.39, 0.29) is 5.91 Å². The van der Waals surface area contributed by atoms with Gasteiger partial charge in [-0.1, -0.05) is 6.07 Å². The number of hydrogen-bond acceptors (Lipinski definition) is 4. The Balaban J connectivity index is 1.85. The number of anilines is 1. The Morgan fingerprint density at radius 1 is 1.52 bits per heavy atom. The van der Waals surface area contributed by atoms with Crippen LogP contribution in [0.1, 0.15) is 24.8 Å². The Bertz CT molecular complexity index is 541. The zero-order valence-electron chi connectivity index (χ0n) is 12.5. The molecular formula is C16H21N3OS. The van der Waals surface area contributed by atoms with Gasteiger partial charge in [-0.05, 0) is 50.8 Å². The standard InChI is InChI=1S/C16H21N3OS/c1-19(14-6-7-15(9-14)21-2)11-16(20)18-13-5-3-4-12(8-13)10-17/h3-5,8,14-15H,6-7,9,11H2,1-2H3,(H,18,20)/t14-,15+/m0/s1. The van der Waals surface area contributed by atoms with E-state index in [0.29, 0.717) is 23.8 Å². The number of carbonyl (C=O) groups is 1. The average Bonchev–Trinajstić information content (AvgIpc) is 2.96. The summed E-state index contributed by atoms with van der Waals surface area (Å²) in [7, 11) is 2.01. The first-order valence-corrected chi connectivity index (χ1v) is 8.44. The van der Waals surface area contributed by atoms with Crippen molar-refractivity contribution in [3.05, 3.63) is 29.8 Å². The van der Waals surface area contributed by atoms with E-state index >= 15 is 0 Å². The topological polar surface area (TPSA) is 56.1 Å². The summed E-state index contributed by atoms with van der Waals surface area (Å²) in [5.74, 6) is -0.0276. The number of carbonyl (C=O) groups excluding carboxylic acids is 1. The van der Waals surface area contributed by atoms with Crippen LogP contribution in [0.5, 0.6) is 0 Å².